The van der Waals surface area contributed by atoms with Crippen LogP contribution in [0.2, 0.25) is 0 Å². The minimum atomic E-state index is -4.49. The van der Waals surface area contributed by atoms with Gasteiger partial charge in [-0.2, -0.15) is 13.2 Å². The number of alkyl halides is 3. The monoisotopic (exact) mass is 507 g/mol. The number of rotatable bonds is 3. The summed E-state index contributed by atoms with van der Waals surface area (Å²) >= 11 is 4.96. The van der Waals surface area contributed by atoms with E-state index in [2.05, 4.69) is 36.5 Å². The van der Waals surface area contributed by atoms with Gasteiger partial charge in [0.2, 0.25) is 0 Å². The number of nitrogens with two attached hydrogens (primary N) is 1. The van der Waals surface area contributed by atoms with Crippen molar-refractivity contribution in [2.24, 2.45) is 0 Å². The topological polar surface area (TPSA) is 92.9 Å². The van der Waals surface area contributed by atoms with Crippen LogP contribution in [-0.2, 0) is 6.18 Å². The number of hydrogen-bond acceptors (Lipinski definition) is 5. The van der Waals surface area contributed by atoms with Crippen molar-refractivity contribution in [1.82, 2.24) is 9.97 Å². The van der Waals surface area contributed by atoms with Gasteiger partial charge in [-0.3, -0.25) is 0 Å². The van der Waals surface area contributed by atoms with Gasteiger partial charge >= 0.3 is 12.2 Å². The molecule has 31 heavy (non-hydrogen) atoms. The zero-order valence-electron chi connectivity index (χ0n) is 15.5. The molecule has 11 heteroatoms. The molecule has 4 N–H and O–H groups in total. The summed E-state index contributed by atoms with van der Waals surface area (Å²) in [4.78, 5) is 21.2. The van der Waals surface area contributed by atoms with Gasteiger partial charge < -0.3 is 16.4 Å². The Morgan fingerprint density at radius 3 is 2.45 bits per heavy atom. The summed E-state index contributed by atoms with van der Waals surface area (Å²) in [6.07, 6.45) is -3.08. The number of nitrogen functional groups attached to an aromatic ring is 1. The van der Waals surface area contributed by atoms with Crippen LogP contribution >= 0.6 is 27.3 Å². The van der Waals surface area contributed by atoms with Crippen molar-refractivity contribution < 1.29 is 18.0 Å². The molecule has 4 rings (SSSR count). The molecular weight excluding hydrogens is 495 g/mol. The largest absolute Gasteiger partial charge is 0.416 e. The van der Waals surface area contributed by atoms with Crippen molar-refractivity contribution in [3.8, 4) is 11.1 Å². The van der Waals surface area contributed by atoms with Gasteiger partial charge in [0.05, 0.1) is 14.7 Å². The first-order valence-electron chi connectivity index (χ1n) is 8.76. The first-order chi connectivity index (χ1) is 14.7. The maximum Gasteiger partial charge on any atom is 0.416 e. The number of carbonyl (C=O) groups is 1. The normalized spacial score (nSPS) is 11.5. The molecule has 0 saturated heterocycles. The number of halogens is 4. The number of benzene rings is 2. The number of urea groups is 1. The Balaban J connectivity index is 1.51. The van der Waals surface area contributed by atoms with Crippen LogP contribution in [0, 0.1) is 0 Å². The third-order valence-corrected chi connectivity index (χ3v) is 6.12. The molecule has 0 radical (unpaired) electrons. The third-order valence-electron chi connectivity index (χ3n) is 4.35. The average Bonchev–Trinajstić information content (AvgIpc) is 3.05. The van der Waals surface area contributed by atoms with Gasteiger partial charge in [-0.05, 0) is 51.8 Å². The summed E-state index contributed by atoms with van der Waals surface area (Å²) < 4.78 is 39.3. The molecule has 2 aromatic carbocycles. The van der Waals surface area contributed by atoms with Crippen LogP contribution in [0.4, 0.5) is 35.2 Å². The lowest BCUT2D eigenvalue weighted by Gasteiger charge is -2.11. The number of nitrogens with one attached hydrogen (secondary N) is 2. The van der Waals surface area contributed by atoms with Crippen LogP contribution < -0.4 is 16.4 Å². The zero-order chi connectivity index (χ0) is 22.2. The van der Waals surface area contributed by atoms with Crippen molar-refractivity contribution in [1.29, 1.82) is 0 Å². The Kier molecular flexibility index (Phi) is 5.54. The van der Waals surface area contributed by atoms with E-state index >= 15 is 0 Å². The first-order valence-corrected chi connectivity index (χ1v) is 10.4. The van der Waals surface area contributed by atoms with Gasteiger partial charge in [0.15, 0.2) is 0 Å². The van der Waals surface area contributed by atoms with Crippen LogP contribution in [-0.4, -0.2) is 16.0 Å². The highest BCUT2D eigenvalue weighted by Crippen LogP contribution is 2.43. The molecule has 6 nitrogen and oxygen atoms in total. The number of carbonyl (C=O) groups excluding carboxylic acids is 1. The number of anilines is 3. The van der Waals surface area contributed by atoms with E-state index in [1.807, 2.05) is 0 Å². The van der Waals surface area contributed by atoms with E-state index in [4.69, 9.17) is 5.73 Å². The SMILES string of the molecule is Nc1ncnc2sc(Br)c(-c3ccc(NC(=O)Nc4cccc(C(F)(F)F)c4)cc3)c12. The smallest absolute Gasteiger partial charge is 0.383 e. The van der Waals surface area contributed by atoms with Crippen LogP contribution in [0.25, 0.3) is 21.3 Å². The van der Waals surface area contributed by atoms with E-state index in [-0.39, 0.29) is 5.69 Å². The molecule has 2 amide bonds. The van der Waals surface area contributed by atoms with E-state index < -0.39 is 17.8 Å². The molecule has 2 aromatic heterocycles. The lowest BCUT2D eigenvalue weighted by Crippen LogP contribution is -2.19. The van der Waals surface area contributed by atoms with Gasteiger partial charge in [0, 0.05) is 16.9 Å². The maximum atomic E-state index is 12.8. The fraction of sp³-hybridized carbons (Fsp3) is 0.0500. The lowest BCUT2D eigenvalue weighted by atomic mass is 10.1. The predicted molar refractivity (Wildman–Crippen MR) is 119 cm³/mol. The minimum absolute atomic E-state index is 0.0353. The van der Waals surface area contributed by atoms with Gasteiger partial charge in [-0.1, -0.05) is 18.2 Å². The van der Waals surface area contributed by atoms with Crippen LogP contribution in [0.1, 0.15) is 5.56 Å². The molecule has 0 aliphatic rings. The van der Waals surface area contributed by atoms with Crippen molar-refractivity contribution in [2.45, 2.75) is 6.18 Å². The molecule has 4 aromatic rings. The minimum Gasteiger partial charge on any atom is -0.383 e. The van der Waals surface area contributed by atoms with Crippen molar-refractivity contribution in [3.05, 3.63) is 64.2 Å². The number of thiophene rings is 1. The molecule has 0 spiro atoms. The standard InChI is InChI=1S/C20H13BrF3N5OS/c21-16-14(15-17(25)26-9-27-18(15)31-16)10-4-6-12(7-5-10)28-19(30)29-13-3-1-2-11(8-13)20(22,23)24/h1-9H,(H2,25,26,27)(H2,28,29,30). The second kappa shape index (κ2) is 8.16. The van der Waals surface area contributed by atoms with Crippen LogP contribution in [0.15, 0.2) is 58.6 Å². The number of aromatic nitrogens is 2. The van der Waals surface area contributed by atoms with Crippen molar-refractivity contribution in [2.75, 3.05) is 16.4 Å². The highest BCUT2D eigenvalue weighted by molar-refractivity contribution is 9.11. The molecule has 0 aliphatic carbocycles. The van der Waals surface area contributed by atoms with E-state index in [0.717, 1.165) is 37.3 Å². The third kappa shape index (κ3) is 4.47. The quantitative estimate of drug-likeness (QED) is 0.300. The highest BCUT2D eigenvalue weighted by atomic mass is 79.9. The van der Waals surface area contributed by atoms with Gasteiger partial charge in [-0.15, -0.1) is 11.3 Å². The van der Waals surface area contributed by atoms with E-state index in [9.17, 15) is 18.0 Å². The van der Waals surface area contributed by atoms with E-state index in [1.54, 1.807) is 24.3 Å². The van der Waals surface area contributed by atoms with Crippen molar-refractivity contribution in [3.63, 3.8) is 0 Å². The summed E-state index contributed by atoms with van der Waals surface area (Å²) in [6.45, 7) is 0. The second-order valence-corrected chi connectivity index (χ2v) is 8.74. The molecule has 0 saturated carbocycles. The number of fused-ring (bicyclic) bond motifs is 1. The molecule has 2 heterocycles. The lowest BCUT2D eigenvalue weighted by molar-refractivity contribution is -0.137. The van der Waals surface area contributed by atoms with E-state index in [0.29, 0.717) is 11.5 Å². The Labute approximate surface area is 186 Å². The Bertz CT molecular complexity index is 1270. The first kappa shape index (κ1) is 21.1. The maximum absolute atomic E-state index is 12.8. The Morgan fingerprint density at radius 1 is 1.03 bits per heavy atom. The molecule has 0 aliphatic heterocycles. The van der Waals surface area contributed by atoms with Crippen LogP contribution in [0.3, 0.4) is 0 Å². The Morgan fingerprint density at radius 2 is 1.74 bits per heavy atom. The summed E-state index contributed by atoms with van der Waals surface area (Å²) in [5.41, 5.74) is 7.36. The van der Waals surface area contributed by atoms with Gasteiger partial charge in [0.25, 0.3) is 0 Å². The number of nitrogens with zero attached hydrogens (tertiary/aromatic N) is 2. The molecule has 0 atom stereocenters. The summed E-state index contributed by atoms with van der Waals surface area (Å²) in [5.74, 6) is 0.365. The molecule has 0 fully saturated rings. The summed E-state index contributed by atoms with van der Waals surface area (Å²) in [7, 11) is 0. The fourth-order valence-corrected chi connectivity index (χ4v) is 4.76. The number of hydrogen-bond donors (Lipinski definition) is 3. The highest BCUT2D eigenvalue weighted by Gasteiger charge is 2.30. The molecule has 0 unspecified atom stereocenters. The van der Waals surface area contributed by atoms with Crippen molar-refractivity contribution >= 4 is 60.7 Å². The molecular formula is C20H13BrF3N5OS. The fourth-order valence-electron chi connectivity index (χ4n) is 2.97. The predicted octanol–water partition coefficient (Wildman–Crippen LogP) is 6.37. The summed E-state index contributed by atoms with van der Waals surface area (Å²) in [6, 6.07) is 10.7. The van der Waals surface area contributed by atoms with Gasteiger partial charge in [-0.25, -0.2) is 14.8 Å². The second-order valence-electron chi connectivity index (χ2n) is 6.42. The average molecular weight is 508 g/mol. The summed E-state index contributed by atoms with van der Waals surface area (Å²) in [5, 5.41) is 5.73. The zero-order valence-corrected chi connectivity index (χ0v) is 17.9. The van der Waals surface area contributed by atoms with Crippen LogP contribution in [0.5, 0.6) is 0 Å². The molecule has 158 valence electrons. The van der Waals surface area contributed by atoms with Gasteiger partial charge in [0.1, 0.15) is 17.0 Å². The number of amides is 2. The van der Waals surface area contributed by atoms with E-state index in [1.165, 1.54) is 29.8 Å². The molecule has 0 bridgehead atoms. The Hall–Kier alpha value is -3.18.